The van der Waals surface area contributed by atoms with Gasteiger partial charge in [-0.3, -0.25) is 19.8 Å². The van der Waals surface area contributed by atoms with Crippen LogP contribution >= 0.6 is 12.4 Å². The van der Waals surface area contributed by atoms with Crippen LogP contribution in [-0.2, 0) is 0 Å². The van der Waals surface area contributed by atoms with Gasteiger partial charge in [-0.15, -0.1) is 12.4 Å². The minimum Gasteiger partial charge on any atom is -0.504 e. The van der Waals surface area contributed by atoms with E-state index in [1.807, 2.05) is 0 Å². The Bertz CT molecular complexity index is 886. The first-order chi connectivity index (χ1) is 13.3. The highest BCUT2D eigenvalue weighted by Crippen LogP contribution is 2.36. The fraction of sp³-hybridized carbons (Fsp3) is 0.316. The average Bonchev–Trinajstić information content (AvgIpc) is 2.69. The number of benzene rings is 2. The van der Waals surface area contributed by atoms with Crippen LogP contribution in [-0.4, -0.2) is 58.5 Å². The largest absolute Gasteiger partial charge is 0.504 e. The molecule has 0 aromatic heterocycles. The Labute approximate surface area is 172 Å². The number of phenolic OH excluding ortho intramolecular Hbond substituents is 2. The molecule has 0 amide bonds. The number of halogens is 2. The summed E-state index contributed by atoms with van der Waals surface area (Å²) in [7, 11) is 0. The molecule has 1 fully saturated rings. The summed E-state index contributed by atoms with van der Waals surface area (Å²) in [6, 6.07) is 8.33. The van der Waals surface area contributed by atoms with E-state index in [2.05, 4.69) is 9.80 Å². The smallest absolute Gasteiger partial charge is 0.315 e. The van der Waals surface area contributed by atoms with Gasteiger partial charge in [0.2, 0.25) is 5.75 Å². The molecule has 0 saturated carbocycles. The molecule has 0 spiro atoms. The van der Waals surface area contributed by atoms with Crippen molar-refractivity contribution >= 4 is 29.6 Å². The number of hydrogen-bond acceptors (Lipinski definition) is 7. The van der Waals surface area contributed by atoms with Gasteiger partial charge in [-0.05, 0) is 30.3 Å². The first-order valence-corrected chi connectivity index (χ1v) is 8.81. The van der Waals surface area contributed by atoms with E-state index in [0.717, 1.165) is 44.0 Å². The standard InChI is InChI=1S/C19H20FN3O5.ClH/c20-14-1-3-15(4-2-14)22-9-7-21(8-10-22)6-5-17(24)13-11-16(23(27)28)19(26)18(25)12-13;/h1-4,11-12,25-26H,5-10H2;1H. The highest BCUT2D eigenvalue weighted by molar-refractivity contribution is 5.97. The third-order valence-corrected chi connectivity index (χ3v) is 4.81. The quantitative estimate of drug-likeness (QED) is 0.317. The summed E-state index contributed by atoms with van der Waals surface area (Å²) < 4.78 is 13.0. The van der Waals surface area contributed by atoms with Crippen molar-refractivity contribution in [3.8, 4) is 11.5 Å². The summed E-state index contributed by atoms with van der Waals surface area (Å²) in [6.45, 7) is 3.42. The second-order valence-electron chi connectivity index (χ2n) is 6.60. The normalized spacial score (nSPS) is 14.3. The fourth-order valence-corrected chi connectivity index (χ4v) is 3.19. The van der Waals surface area contributed by atoms with Gasteiger partial charge in [0, 0.05) is 56.5 Å². The first-order valence-electron chi connectivity index (χ1n) is 8.81. The lowest BCUT2D eigenvalue weighted by Gasteiger charge is -2.36. The molecule has 2 aromatic rings. The fourth-order valence-electron chi connectivity index (χ4n) is 3.19. The Balaban J connectivity index is 0.00000300. The van der Waals surface area contributed by atoms with Gasteiger partial charge in [0.25, 0.3) is 0 Å². The zero-order valence-electron chi connectivity index (χ0n) is 15.5. The predicted molar refractivity (Wildman–Crippen MR) is 108 cm³/mol. The lowest BCUT2D eigenvalue weighted by Crippen LogP contribution is -2.46. The van der Waals surface area contributed by atoms with Gasteiger partial charge >= 0.3 is 5.69 Å². The summed E-state index contributed by atoms with van der Waals surface area (Å²) >= 11 is 0. The van der Waals surface area contributed by atoms with Gasteiger partial charge in [0.1, 0.15) is 5.82 Å². The number of rotatable bonds is 6. The van der Waals surface area contributed by atoms with E-state index >= 15 is 0 Å². The van der Waals surface area contributed by atoms with Gasteiger partial charge in [-0.25, -0.2) is 4.39 Å². The van der Waals surface area contributed by atoms with E-state index in [4.69, 9.17) is 0 Å². The van der Waals surface area contributed by atoms with Crippen LogP contribution in [0.25, 0.3) is 0 Å². The van der Waals surface area contributed by atoms with Crippen LogP contribution in [0.4, 0.5) is 15.8 Å². The second-order valence-corrected chi connectivity index (χ2v) is 6.60. The van der Waals surface area contributed by atoms with E-state index in [9.17, 15) is 29.5 Å². The first kappa shape index (κ1) is 22.4. The Hall–Kier alpha value is -2.91. The van der Waals surface area contributed by atoms with Crippen LogP contribution in [0.5, 0.6) is 11.5 Å². The van der Waals surface area contributed by atoms with Crippen molar-refractivity contribution in [3.05, 3.63) is 57.9 Å². The van der Waals surface area contributed by atoms with E-state index < -0.39 is 22.1 Å². The summed E-state index contributed by atoms with van der Waals surface area (Å²) in [5, 5.41) is 30.0. The molecular weight excluding hydrogens is 405 g/mol. The third-order valence-electron chi connectivity index (χ3n) is 4.81. The lowest BCUT2D eigenvalue weighted by atomic mass is 10.1. The molecule has 3 rings (SSSR count). The summed E-state index contributed by atoms with van der Waals surface area (Å²) in [5.41, 5.74) is 0.243. The summed E-state index contributed by atoms with van der Waals surface area (Å²) in [4.78, 5) is 26.7. The number of nitro benzene ring substituents is 1. The summed E-state index contributed by atoms with van der Waals surface area (Å²) in [6.07, 6.45) is 0.137. The number of hydrogen-bond donors (Lipinski definition) is 2. The molecule has 0 unspecified atom stereocenters. The van der Waals surface area contributed by atoms with Crippen LogP contribution in [0.3, 0.4) is 0 Å². The highest BCUT2D eigenvalue weighted by atomic mass is 35.5. The van der Waals surface area contributed by atoms with Gasteiger partial charge in [-0.1, -0.05) is 0 Å². The molecule has 2 N–H and O–H groups in total. The van der Waals surface area contributed by atoms with E-state index in [0.29, 0.717) is 6.54 Å². The van der Waals surface area contributed by atoms with Gasteiger partial charge in [0.05, 0.1) is 4.92 Å². The SMILES string of the molecule is Cl.O=C(CCN1CCN(c2ccc(F)cc2)CC1)c1cc(O)c(O)c([N+](=O)[O-])c1. The molecule has 1 aliphatic rings. The molecule has 1 aliphatic heterocycles. The average molecular weight is 426 g/mol. The topological polar surface area (TPSA) is 107 Å². The molecule has 1 heterocycles. The molecule has 1 saturated heterocycles. The summed E-state index contributed by atoms with van der Waals surface area (Å²) in [5.74, 6) is -2.16. The molecule has 156 valence electrons. The Kier molecular flexibility index (Phi) is 7.35. The number of carbonyl (C=O) groups excluding carboxylic acids is 1. The molecule has 0 atom stereocenters. The molecule has 0 radical (unpaired) electrons. The number of phenols is 2. The van der Waals surface area contributed by atoms with Crippen LogP contribution in [0.1, 0.15) is 16.8 Å². The van der Waals surface area contributed by atoms with Crippen molar-refractivity contribution in [1.82, 2.24) is 4.90 Å². The maximum absolute atomic E-state index is 13.0. The predicted octanol–water partition coefficient (Wildman–Crippen LogP) is 2.96. The number of carbonyl (C=O) groups is 1. The molecule has 29 heavy (non-hydrogen) atoms. The number of ketones is 1. The number of anilines is 1. The number of nitro groups is 1. The van der Waals surface area contributed by atoms with Crippen molar-refractivity contribution in [1.29, 1.82) is 0 Å². The maximum atomic E-state index is 13.0. The second kappa shape index (κ2) is 9.53. The zero-order chi connectivity index (χ0) is 20.3. The Morgan fingerprint density at radius 1 is 1.10 bits per heavy atom. The monoisotopic (exact) mass is 425 g/mol. The highest BCUT2D eigenvalue weighted by Gasteiger charge is 2.23. The van der Waals surface area contributed by atoms with E-state index in [1.165, 1.54) is 12.1 Å². The number of piperazine rings is 1. The lowest BCUT2D eigenvalue weighted by molar-refractivity contribution is -0.386. The van der Waals surface area contributed by atoms with E-state index in [-0.39, 0.29) is 36.0 Å². The molecular formula is C19H21ClFN3O5. The number of aromatic hydroxyl groups is 2. The van der Waals surface area contributed by atoms with E-state index in [1.54, 1.807) is 12.1 Å². The molecule has 8 nitrogen and oxygen atoms in total. The molecule has 2 aromatic carbocycles. The van der Waals surface area contributed by atoms with Crippen molar-refractivity contribution in [2.24, 2.45) is 0 Å². The van der Waals surface area contributed by atoms with Gasteiger partial charge in [-0.2, -0.15) is 0 Å². The zero-order valence-corrected chi connectivity index (χ0v) is 16.3. The molecule has 0 aliphatic carbocycles. The number of nitrogens with zero attached hydrogens (tertiary/aromatic N) is 3. The number of Topliss-reactive ketones (excluding diaryl/α,β-unsaturated/α-hetero) is 1. The van der Waals surface area contributed by atoms with Crippen molar-refractivity contribution in [2.45, 2.75) is 6.42 Å². The van der Waals surface area contributed by atoms with Crippen molar-refractivity contribution < 1.29 is 24.3 Å². The van der Waals surface area contributed by atoms with Crippen molar-refractivity contribution in [3.63, 3.8) is 0 Å². The van der Waals surface area contributed by atoms with Crippen LogP contribution < -0.4 is 4.90 Å². The minimum absolute atomic E-state index is 0. The van der Waals surface area contributed by atoms with Gasteiger partial charge in [0.15, 0.2) is 11.5 Å². The Morgan fingerprint density at radius 2 is 1.72 bits per heavy atom. The van der Waals surface area contributed by atoms with Crippen LogP contribution in [0, 0.1) is 15.9 Å². The Morgan fingerprint density at radius 3 is 2.31 bits per heavy atom. The van der Waals surface area contributed by atoms with Crippen LogP contribution in [0.2, 0.25) is 0 Å². The minimum atomic E-state index is -0.849. The van der Waals surface area contributed by atoms with Crippen molar-refractivity contribution in [2.75, 3.05) is 37.6 Å². The molecule has 10 heteroatoms. The maximum Gasteiger partial charge on any atom is 0.315 e. The van der Waals surface area contributed by atoms with Crippen LogP contribution in [0.15, 0.2) is 36.4 Å². The third kappa shape index (κ3) is 5.33. The van der Waals surface area contributed by atoms with Gasteiger partial charge < -0.3 is 15.1 Å². The molecule has 0 bridgehead atoms.